The average Bonchev–Trinajstić information content (AvgIpc) is 2.57. The number of aryl methyl sites for hydroxylation is 2. The fraction of sp³-hybridized carbons (Fsp3) is 0.316. The van der Waals surface area contributed by atoms with E-state index in [-0.39, 0.29) is 11.6 Å². The van der Waals surface area contributed by atoms with Crippen LogP contribution in [-0.2, 0) is 0 Å². The number of rotatable bonds is 4. The van der Waals surface area contributed by atoms with E-state index in [1.165, 1.54) is 11.1 Å². The summed E-state index contributed by atoms with van der Waals surface area (Å²) in [5.41, 5.74) is 4.01. The van der Waals surface area contributed by atoms with Crippen LogP contribution in [0, 0.1) is 13.8 Å². The molecule has 5 heteroatoms. The number of fused-ring (bicyclic) bond motifs is 1. The van der Waals surface area contributed by atoms with Crippen LogP contribution in [0.4, 0.5) is 11.6 Å². The lowest BCUT2D eigenvalue weighted by Crippen LogP contribution is -2.23. The lowest BCUT2D eigenvalue weighted by atomic mass is 10.1. The second-order valence-corrected chi connectivity index (χ2v) is 6.20. The molecule has 1 aromatic carbocycles. The number of nitrogens with zero attached hydrogens (tertiary/aromatic N) is 3. The quantitative estimate of drug-likeness (QED) is 0.785. The van der Waals surface area contributed by atoms with Crippen LogP contribution in [0.2, 0.25) is 0 Å². The van der Waals surface area contributed by atoms with E-state index in [4.69, 9.17) is 0 Å². The van der Waals surface area contributed by atoms with Crippen LogP contribution in [-0.4, -0.2) is 14.5 Å². The summed E-state index contributed by atoms with van der Waals surface area (Å²) < 4.78 is 1.74. The lowest BCUT2D eigenvalue weighted by molar-refractivity contribution is 0.528. The minimum Gasteiger partial charge on any atom is -0.324 e. The topological polar surface area (TPSA) is 59.8 Å². The Morgan fingerprint density at radius 1 is 1.17 bits per heavy atom. The van der Waals surface area contributed by atoms with Gasteiger partial charge in [-0.15, -0.1) is 0 Å². The lowest BCUT2D eigenvalue weighted by Gasteiger charge is -2.16. The molecular weight excluding hydrogens is 300 g/mol. The van der Waals surface area contributed by atoms with Crippen LogP contribution in [0.15, 0.2) is 41.3 Å². The van der Waals surface area contributed by atoms with Crippen molar-refractivity contribution >= 4 is 22.7 Å². The normalized spacial score (nSPS) is 12.3. The van der Waals surface area contributed by atoms with Crippen LogP contribution in [0.1, 0.15) is 37.4 Å². The molecule has 0 amide bonds. The van der Waals surface area contributed by atoms with Crippen molar-refractivity contribution in [3.05, 3.63) is 58.0 Å². The molecule has 2 aromatic heterocycles. The smallest absolute Gasteiger partial charge is 0.252 e. The molecule has 0 fully saturated rings. The first-order valence-corrected chi connectivity index (χ1v) is 8.22. The molecule has 0 saturated carbocycles. The van der Waals surface area contributed by atoms with Crippen LogP contribution < -0.4 is 10.9 Å². The van der Waals surface area contributed by atoms with E-state index in [1.807, 2.05) is 13.0 Å². The Hall–Kier alpha value is -2.69. The van der Waals surface area contributed by atoms with Gasteiger partial charge < -0.3 is 5.32 Å². The van der Waals surface area contributed by atoms with Gasteiger partial charge in [0.15, 0.2) is 0 Å². The molecule has 1 N–H and O–H groups in total. The van der Waals surface area contributed by atoms with E-state index in [2.05, 4.69) is 48.2 Å². The Morgan fingerprint density at radius 2 is 1.96 bits per heavy atom. The highest BCUT2D eigenvalue weighted by Crippen LogP contribution is 2.20. The fourth-order valence-corrected chi connectivity index (χ4v) is 2.66. The molecule has 1 unspecified atom stereocenters. The Morgan fingerprint density at radius 3 is 2.67 bits per heavy atom. The zero-order valence-corrected chi connectivity index (χ0v) is 14.5. The summed E-state index contributed by atoms with van der Waals surface area (Å²) >= 11 is 0. The fourth-order valence-electron chi connectivity index (χ4n) is 2.66. The van der Waals surface area contributed by atoms with Crippen molar-refractivity contribution in [2.75, 3.05) is 5.32 Å². The van der Waals surface area contributed by atoms with Gasteiger partial charge in [-0.25, -0.2) is 4.98 Å². The average molecular weight is 322 g/mol. The van der Waals surface area contributed by atoms with E-state index < -0.39 is 0 Å². The molecule has 1 atom stereocenters. The third-order valence-electron chi connectivity index (χ3n) is 4.46. The maximum Gasteiger partial charge on any atom is 0.252 e. The van der Waals surface area contributed by atoms with Gasteiger partial charge in [-0.1, -0.05) is 13.0 Å². The monoisotopic (exact) mass is 322 g/mol. The van der Waals surface area contributed by atoms with Crippen molar-refractivity contribution in [3.8, 4) is 0 Å². The molecule has 124 valence electrons. The molecule has 3 rings (SSSR count). The highest BCUT2D eigenvalue weighted by molar-refractivity contribution is 5.75. The third kappa shape index (κ3) is 3.02. The molecule has 24 heavy (non-hydrogen) atoms. The first-order chi connectivity index (χ1) is 11.5. The number of benzene rings is 1. The van der Waals surface area contributed by atoms with Crippen molar-refractivity contribution in [1.82, 2.24) is 14.5 Å². The number of anilines is 2. The molecule has 0 bridgehead atoms. The van der Waals surface area contributed by atoms with Gasteiger partial charge in [0.05, 0.1) is 0 Å². The zero-order valence-electron chi connectivity index (χ0n) is 14.5. The molecular formula is C19H22N4O. The molecule has 2 heterocycles. The molecule has 5 nitrogen and oxygen atoms in total. The van der Waals surface area contributed by atoms with Gasteiger partial charge in [0, 0.05) is 29.4 Å². The number of pyridine rings is 1. The van der Waals surface area contributed by atoms with Gasteiger partial charge in [0.1, 0.15) is 5.65 Å². The third-order valence-corrected chi connectivity index (χ3v) is 4.46. The summed E-state index contributed by atoms with van der Waals surface area (Å²) in [4.78, 5) is 21.2. The number of nitrogens with one attached hydrogen (secondary N) is 1. The minimum absolute atomic E-state index is 0.0346. The van der Waals surface area contributed by atoms with E-state index in [1.54, 1.807) is 22.9 Å². The molecule has 0 spiro atoms. The molecule has 3 aromatic rings. The Bertz CT molecular complexity index is 946. The maximum atomic E-state index is 12.3. The molecule has 0 radical (unpaired) electrons. The summed E-state index contributed by atoms with van der Waals surface area (Å²) in [6, 6.07) is 9.57. The first kappa shape index (κ1) is 16.2. The van der Waals surface area contributed by atoms with Gasteiger partial charge >= 0.3 is 0 Å². The van der Waals surface area contributed by atoms with E-state index in [9.17, 15) is 4.79 Å². The van der Waals surface area contributed by atoms with Crippen molar-refractivity contribution in [3.63, 3.8) is 0 Å². The van der Waals surface area contributed by atoms with Gasteiger partial charge in [0.25, 0.3) is 5.56 Å². The van der Waals surface area contributed by atoms with E-state index in [0.29, 0.717) is 11.6 Å². The summed E-state index contributed by atoms with van der Waals surface area (Å²) in [5.74, 6) is 0.494. The predicted molar refractivity (Wildman–Crippen MR) is 98.0 cm³/mol. The molecule has 0 aliphatic heterocycles. The Balaban J connectivity index is 2.06. The Labute approximate surface area is 141 Å². The Kier molecular flexibility index (Phi) is 4.34. The molecule has 0 saturated heterocycles. The maximum absolute atomic E-state index is 12.3. The second kappa shape index (κ2) is 6.43. The minimum atomic E-state index is -0.0346. The van der Waals surface area contributed by atoms with Crippen LogP contribution in [0.25, 0.3) is 11.0 Å². The van der Waals surface area contributed by atoms with Crippen molar-refractivity contribution in [2.24, 2.45) is 0 Å². The highest BCUT2D eigenvalue weighted by Gasteiger charge is 2.11. The molecule has 0 aliphatic rings. The largest absolute Gasteiger partial charge is 0.324 e. The highest BCUT2D eigenvalue weighted by atomic mass is 16.1. The summed E-state index contributed by atoms with van der Waals surface area (Å²) in [5, 5.41) is 4.09. The van der Waals surface area contributed by atoms with Gasteiger partial charge in [-0.05, 0) is 56.5 Å². The van der Waals surface area contributed by atoms with Crippen molar-refractivity contribution in [2.45, 2.75) is 40.2 Å². The predicted octanol–water partition coefficient (Wildman–Crippen LogP) is 4.12. The van der Waals surface area contributed by atoms with Crippen molar-refractivity contribution in [1.29, 1.82) is 0 Å². The summed E-state index contributed by atoms with van der Waals surface area (Å²) in [7, 11) is 0. The van der Waals surface area contributed by atoms with Crippen LogP contribution in [0.3, 0.4) is 0 Å². The first-order valence-electron chi connectivity index (χ1n) is 8.22. The van der Waals surface area contributed by atoms with E-state index in [0.717, 1.165) is 17.5 Å². The molecule has 0 aliphatic carbocycles. The second-order valence-electron chi connectivity index (χ2n) is 6.20. The van der Waals surface area contributed by atoms with Gasteiger partial charge in [-0.3, -0.25) is 9.36 Å². The summed E-state index contributed by atoms with van der Waals surface area (Å²) in [6.07, 6.45) is 2.62. The van der Waals surface area contributed by atoms with Crippen molar-refractivity contribution < 1.29 is 0 Å². The van der Waals surface area contributed by atoms with Gasteiger partial charge in [-0.2, -0.15) is 4.98 Å². The summed E-state index contributed by atoms with van der Waals surface area (Å²) in [6.45, 7) is 8.24. The van der Waals surface area contributed by atoms with E-state index >= 15 is 0 Å². The van der Waals surface area contributed by atoms with Gasteiger partial charge in [0.2, 0.25) is 5.95 Å². The van der Waals surface area contributed by atoms with Crippen LogP contribution in [0.5, 0.6) is 0 Å². The standard InChI is InChI=1S/C19H22N4O/c1-5-14(4)23-17(24)9-7-15-11-20-19(22-18(15)23)21-16-8-6-12(2)13(3)10-16/h6-11,14H,5H2,1-4H3,(H,20,21,22). The SMILES string of the molecule is CCC(C)n1c(=O)ccc2cnc(Nc3ccc(C)c(C)c3)nc21. The van der Waals surface area contributed by atoms with Crippen LogP contribution >= 0.6 is 0 Å². The number of aromatic nitrogens is 3. The number of hydrogen-bond donors (Lipinski definition) is 1. The number of hydrogen-bond acceptors (Lipinski definition) is 4. The zero-order chi connectivity index (χ0) is 17.3.